The molecule has 0 bridgehead atoms. The number of ether oxygens (including phenoxy) is 1. The molecule has 0 aliphatic carbocycles. The van der Waals surface area contributed by atoms with Crippen molar-refractivity contribution in [1.29, 1.82) is 0 Å². The first-order chi connectivity index (χ1) is 17.7. The van der Waals surface area contributed by atoms with E-state index in [0.29, 0.717) is 31.1 Å². The van der Waals surface area contributed by atoms with Crippen molar-refractivity contribution in [2.24, 2.45) is 0 Å². The number of halogens is 4. The van der Waals surface area contributed by atoms with Gasteiger partial charge in [-0.25, -0.2) is 0 Å². The minimum absolute atomic E-state index is 0.0225. The molecule has 0 saturated carbocycles. The molecule has 6 nitrogen and oxygen atoms in total. The fourth-order valence-electron chi connectivity index (χ4n) is 4.51. The lowest BCUT2D eigenvalue weighted by atomic mass is 10.1. The van der Waals surface area contributed by atoms with E-state index in [4.69, 9.17) is 16.3 Å². The van der Waals surface area contributed by atoms with Crippen LogP contribution in [0.25, 0.3) is 17.0 Å². The van der Waals surface area contributed by atoms with Crippen molar-refractivity contribution in [1.82, 2.24) is 14.8 Å². The number of carbonyl (C=O) groups excluding carboxylic acids is 2. The van der Waals surface area contributed by atoms with Crippen LogP contribution in [0.1, 0.15) is 23.1 Å². The maximum atomic E-state index is 13.5. The molecule has 2 fully saturated rings. The topological polar surface area (TPSA) is 63.6 Å². The second-order valence-corrected chi connectivity index (χ2v) is 10.3. The summed E-state index contributed by atoms with van der Waals surface area (Å²) in [6.07, 6.45) is -0.501. The van der Waals surface area contributed by atoms with Crippen molar-refractivity contribution < 1.29 is 27.5 Å². The van der Waals surface area contributed by atoms with Crippen LogP contribution in [0.15, 0.2) is 53.6 Å². The number of rotatable bonds is 6. The van der Waals surface area contributed by atoms with Crippen molar-refractivity contribution in [3.8, 4) is 0 Å². The van der Waals surface area contributed by atoms with Gasteiger partial charge in [0.2, 0.25) is 0 Å². The highest BCUT2D eigenvalue weighted by atomic mass is 35.5. The molecule has 37 heavy (non-hydrogen) atoms. The molecule has 0 radical (unpaired) electrons. The molecular weight excluding hydrogens is 527 g/mol. The molecule has 2 aliphatic heterocycles. The zero-order valence-electron chi connectivity index (χ0n) is 19.6. The Hall–Kier alpha value is -2.79. The van der Waals surface area contributed by atoms with Crippen molar-refractivity contribution in [2.75, 3.05) is 26.3 Å². The predicted molar refractivity (Wildman–Crippen MR) is 137 cm³/mol. The monoisotopic (exact) mass is 549 g/mol. The Labute approximate surface area is 220 Å². The van der Waals surface area contributed by atoms with Crippen molar-refractivity contribution >= 4 is 51.5 Å². The molecule has 2 aliphatic rings. The Morgan fingerprint density at radius 3 is 2.76 bits per heavy atom. The number of nitrogens with one attached hydrogen (secondary N) is 1. The Morgan fingerprint density at radius 1 is 1.16 bits per heavy atom. The average Bonchev–Trinajstić information content (AvgIpc) is 3.38. The number of benzene rings is 2. The summed E-state index contributed by atoms with van der Waals surface area (Å²) in [6, 6.07) is 11.1. The van der Waals surface area contributed by atoms with Gasteiger partial charge in [0, 0.05) is 47.8 Å². The summed E-state index contributed by atoms with van der Waals surface area (Å²) in [6.45, 7) is 2.30. The van der Waals surface area contributed by atoms with Crippen LogP contribution < -0.4 is 5.32 Å². The van der Waals surface area contributed by atoms with Gasteiger partial charge in [0.15, 0.2) is 0 Å². The van der Waals surface area contributed by atoms with E-state index >= 15 is 0 Å². The summed E-state index contributed by atoms with van der Waals surface area (Å²) in [4.78, 5) is 26.9. The van der Waals surface area contributed by atoms with Gasteiger partial charge in [0.1, 0.15) is 0 Å². The van der Waals surface area contributed by atoms with Gasteiger partial charge in [-0.3, -0.25) is 14.5 Å². The second kappa shape index (κ2) is 10.5. The quantitative estimate of drug-likeness (QED) is 0.395. The number of imide groups is 1. The number of aromatic nitrogens is 1. The molecule has 2 aromatic carbocycles. The number of amides is 2. The maximum absolute atomic E-state index is 13.5. The lowest BCUT2D eigenvalue weighted by Gasteiger charge is -2.25. The first kappa shape index (κ1) is 25.8. The molecule has 11 heteroatoms. The van der Waals surface area contributed by atoms with Gasteiger partial charge in [-0.05, 0) is 65.7 Å². The van der Waals surface area contributed by atoms with E-state index in [0.717, 1.165) is 40.8 Å². The molecule has 5 rings (SSSR count). The maximum Gasteiger partial charge on any atom is 0.416 e. The largest absolute Gasteiger partial charge is 0.416 e. The Balaban J connectivity index is 1.32. The Bertz CT molecular complexity index is 1380. The normalized spacial score (nSPS) is 19.9. The van der Waals surface area contributed by atoms with E-state index in [9.17, 15) is 22.8 Å². The fourth-order valence-corrected chi connectivity index (χ4v) is 5.55. The molecule has 3 aromatic rings. The smallest absolute Gasteiger partial charge is 0.379 e. The summed E-state index contributed by atoms with van der Waals surface area (Å²) in [5.41, 5.74) is 0.819. The molecule has 1 unspecified atom stereocenters. The van der Waals surface area contributed by atoms with Gasteiger partial charge in [-0.2, -0.15) is 13.2 Å². The Morgan fingerprint density at radius 2 is 2.00 bits per heavy atom. The summed E-state index contributed by atoms with van der Waals surface area (Å²) in [5.74, 6) is -0.327. The van der Waals surface area contributed by atoms with Crippen LogP contribution in [-0.2, 0) is 22.3 Å². The van der Waals surface area contributed by atoms with Crippen LogP contribution in [0, 0.1) is 0 Å². The van der Waals surface area contributed by atoms with Gasteiger partial charge in [0.05, 0.1) is 23.7 Å². The fraction of sp³-hybridized carbons (Fsp3) is 0.308. The van der Waals surface area contributed by atoms with E-state index in [-0.39, 0.29) is 34.3 Å². The first-order valence-corrected chi connectivity index (χ1v) is 12.9. The third kappa shape index (κ3) is 5.72. The van der Waals surface area contributed by atoms with Crippen molar-refractivity contribution in [3.63, 3.8) is 0 Å². The number of thioether (sulfide) groups is 1. The van der Waals surface area contributed by atoms with E-state index in [1.165, 1.54) is 17.0 Å². The molecule has 2 saturated heterocycles. The van der Waals surface area contributed by atoms with E-state index in [2.05, 4.69) is 5.32 Å². The number of fused-ring (bicyclic) bond motifs is 1. The first-order valence-electron chi connectivity index (χ1n) is 11.7. The highest BCUT2D eigenvalue weighted by Crippen LogP contribution is 2.35. The summed E-state index contributed by atoms with van der Waals surface area (Å²) < 4.78 is 47.7. The van der Waals surface area contributed by atoms with E-state index in [1.807, 2.05) is 6.07 Å². The van der Waals surface area contributed by atoms with Crippen LogP contribution >= 0.6 is 23.4 Å². The van der Waals surface area contributed by atoms with E-state index in [1.54, 1.807) is 35.0 Å². The van der Waals surface area contributed by atoms with Crippen LogP contribution in [0.5, 0.6) is 0 Å². The minimum atomic E-state index is -4.51. The molecule has 1 N–H and O–H groups in total. The number of nitrogens with zero attached hydrogens (tertiary/aromatic N) is 2. The van der Waals surface area contributed by atoms with Gasteiger partial charge >= 0.3 is 6.18 Å². The third-order valence-corrected chi connectivity index (χ3v) is 7.53. The third-order valence-electron chi connectivity index (χ3n) is 6.38. The molecule has 3 heterocycles. The second-order valence-electron chi connectivity index (χ2n) is 8.91. The molecule has 194 valence electrons. The average molecular weight is 550 g/mol. The van der Waals surface area contributed by atoms with Gasteiger partial charge in [0.25, 0.3) is 11.1 Å². The van der Waals surface area contributed by atoms with Crippen LogP contribution in [-0.4, -0.2) is 53.0 Å². The van der Waals surface area contributed by atoms with Gasteiger partial charge in [-0.1, -0.05) is 23.7 Å². The van der Waals surface area contributed by atoms with Crippen LogP contribution in [0.3, 0.4) is 0 Å². The number of alkyl halides is 3. The summed E-state index contributed by atoms with van der Waals surface area (Å²) >= 11 is 6.70. The zero-order chi connectivity index (χ0) is 26.2. The highest BCUT2D eigenvalue weighted by Gasteiger charge is 2.35. The number of hydrogen-bond acceptors (Lipinski definition) is 5. The molecule has 0 spiro atoms. The lowest BCUT2D eigenvalue weighted by molar-refractivity contribution is -0.138. The highest BCUT2D eigenvalue weighted by molar-refractivity contribution is 8.18. The zero-order valence-corrected chi connectivity index (χ0v) is 21.1. The van der Waals surface area contributed by atoms with Crippen molar-refractivity contribution in [2.45, 2.75) is 25.2 Å². The molecule has 2 amide bonds. The number of carbonyl (C=O) groups is 2. The van der Waals surface area contributed by atoms with Crippen molar-refractivity contribution in [3.05, 3.63) is 75.3 Å². The van der Waals surface area contributed by atoms with Gasteiger partial charge < -0.3 is 14.6 Å². The van der Waals surface area contributed by atoms with Gasteiger partial charge in [-0.15, -0.1) is 0 Å². The summed E-state index contributed by atoms with van der Waals surface area (Å²) in [7, 11) is 0. The predicted octanol–water partition coefficient (Wildman–Crippen LogP) is 5.78. The standard InChI is InChI=1S/C26H23ClF3N3O3S/c27-19-3-2-18(21(13-19)26(28,29)30)14-32-8-5-17-11-16(1-4-22(17)32)12-23-24(34)33(25(35)37-23)9-6-20-15-36-10-7-31-20/h1-5,8,11-13,20,31H,6-7,9-10,14-15H2. The lowest BCUT2D eigenvalue weighted by Crippen LogP contribution is -2.43. The summed E-state index contributed by atoms with van der Waals surface area (Å²) in [5, 5.41) is 3.84. The number of morpholine rings is 1. The number of hydrogen-bond donors (Lipinski definition) is 1. The molecule has 1 atom stereocenters. The SMILES string of the molecule is O=C1SC(=Cc2ccc3c(ccn3Cc3ccc(Cl)cc3C(F)(F)F)c2)C(=O)N1CCC1COCCN1. The van der Waals surface area contributed by atoms with Crippen LogP contribution in [0.2, 0.25) is 5.02 Å². The van der Waals surface area contributed by atoms with E-state index < -0.39 is 11.7 Å². The Kier molecular flexibility index (Phi) is 7.35. The van der Waals surface area contributed by atoms with Crippen LogP contribution in [0.4, 0.5) is 18.0 Å². The minimum Gasteiger partial charge on any atom is -0.379 e. The molecular formula is C26H23ClF3N3O3S. The molecule has 1 aromatic heterocycles.